The van der Waals surface area contributed by atoms with E-state index in [1.165, 1.54) is 18.9 Å². The monoisotopic (exact) mass is 499 g/mol. The number of carbonyl (C=O) groups excluding carboxylic acids is 2. The number of ether oxygens (including phenoxy) is 2. The minimum absolute atomic E-state index is 0.171. The predicted molar refractivity (Wildman–Crippen MR) is 142 cm³/mol. The molecule has 1 unspecified atom stereocenters. The summed E-state index contributed by atoms with van der Waals surface area (Å²) in [7, 11) is 3.07. The maximum Gasteiger partial charge on any atom is 0.255 e. The van der Waals surface area contributed by atoms with E-state index in [0.29, 0.717) is 28.6 Å². The Hall–Kier alpha value is -4.30. The summed E-state index contributed by atoms with van der Waals surface area (Å²) in [5.74, 6) is 1.09. The van der Waals surface area contributed by atoms with Gasteiger partial charge in [-0.15, -0.1) is 11.8 Å². The van der Waals surface area contributed by atoms with Crippen molar-refractivity contribution in [3.8, 4) is 11.5 Å². The van der Waals surface area contributed by atoms with E-state index >= 15 is 0 Å². The highest BCUT2D eigenvalue weighted by molar-refractivity contribution is 8.00. The van der Waals surface area contributed by atoms with Gasteiger partial charge in [-0.2, -0.15) is 0 Å². The van der Waals surface area contributed by atoms with Crippen LogP contribution in [0.15, 0.2) is 102 Å². The maximum absolute atomic E-state index is 13.1. The molecule has 3 aromatic carbocycles. The lowest BCUT2D eigenvalue weighted by atomic mass is 10.1. The second-order valence-electron chi connectivity index (χ2n) is 7.66. The first-order chi connectivity index (χ1) is 17.6. The normalized spacial score (nSPS) is 11.3. The third-order valence-electron chi connectivity index (χ3n) is 5.27. The van der Waals surface area contributed by atoms with Crippen molar-refractivity contribution in [3.05, 3.63) is 108 Å². The first-order valence-corrected chi connectivity index (χ1v) is 12.0. The van der Waals surface area contributed by atoms with E-state index in [0.717, 1.165) is 10.5 Å². The van der Waals surface area contributed by atoms with Gasteiger partial charge >= 0.3 is 0 Å². The van der Waals surface area contributed by atoms with Crippen molar-refractivity contribution in [3.63, 3.8) is 0 Å². The third kappa shape index (κ3) is 6.22. The van der Waals surface area contributed by atoms with Crippen LogP contribution >= 0.6 is 11.8 Å². The molecule has 1 heterocycles. The number of nitrogens with one attached hydrogen (secondary N) is 2. The molecule has 1 aromatic heterocycles. The second kappa shape index (κ2) is 11.9. The van der Waals surface area contributed by atoms with Gasteiger partial charge in [0.15, 0.2) is 11.5 Å². The standard InChI is InChI=1S/C28H25N3O4S/c1-34-23-16-11-20(18-24(23)35-2)27(32)30-21-12-14-22(15-13-21)36-26(19-8-4-3-5-9-19)28(33)31-25-10-6-7-17-29-25/h3-18,26H,1-2H3,(H,30,32)(H,29,31,33). The number of hydrogen-bond acceptors (Lipinski definition) is 6. The number of carbonyl (C=O) groups is 2. The molecular formula is C28H25N3O4S. The van der Waals surface area contributed by atoms with E-state index in [1.54, 1.807) is 55.8 Å². The fourth-order valence-electron chi connectivity index (χ4n) is 3.46. The minimum atomic E-state index is -0.486. The molecule has 1 atom stereocenters. The summed E-state index contributed by atoms with van der Waals surface area (Å²) in [6, 6.07) is 27.3. The second-order valence-corrected chi connectivity index (χ2v) is 8.84. The molecule has 0 spiro atoms. The molecule has 0 bridgehead atoms. The summed E-state index contributed by atoms with van der Waals surface area (Å²) in [6.45, 7) is 0. The first-order valence-electron chi connectivity index (χ1n) is 11.1. The van der Waals surface area contributed by atoms with Crippen LogP contribution in [0.4, 0.5) is 11.5 Å². The zero-order valence-corrected chi connectivity index (χ0v) is 20.6. The van der Waals surface area contributed by atoms with Gasteiger partial charge in [0.05, 0.1) is 14.2 Å². The molecule has 7 nitrogen and oxygen atoms in total. The van der Waals surface area contributed by atoms with Crippen LogP contribution in [-0.2, 0) is 4.79 Å². The smallest absolute Gasteiger partial charge is 0.255 e. The van der Waals surface area contributed by atoms with Crippen LogP contribution in [0.25, 0.3) is 0 Å². The zero-order valence-electron chi connectivity index (χ0n) is 19.8. The Balaban J connectivity index is 1.47. The highest BCUT2D eigenvalue weighted by atomic mass is 32.2. The topological polar surface area (TPSA) is 89.5 Å². The molecule has 0 saturated carbocycles. The highest BCUT2D eigenvalue weighted by Crippen LogP contribution is 2.36. The number of hydrogen-bond donors (Lipinski definition) is 2. The molecule has 36 heavy (non-hydrogen) atoms. The number of anilines is 2. The van der Waals surface area contributed by atoms with Crippen molar-refractivity contribution in [2.45, 2.75) is 10.1 Å². The summed E-state index contributed by atoms with van der Waals surface area (Å²) >= 11 is 1.42. The Morgan fingerprint density at radius 2 is 1.53 bits per heavy atom. The van der Waals surface area contributed by atoms with E-state index in [-0.39, 0.29) is 11.8 Å². The molecular weight excluding hydrogens is 474 g/mol. The number of benzene rings is 3. The van der Waals surface area contributed by atoms with Gasteiger partial charge in [-0.1, -0.05) is 36.4 Å². The number of aromatic nitrogens is 1. The lowest BCUT2D eigenvalue weighted by Gasteiger charge is -2.17. The van der Waals surface area contributed by atoms with Gasteiger partial charge in [0.25, 0.3) is 5.91 Å². The lowest BCUT2D eigenvalue weighted by molar-refractivity contribution is -0.115. The maximum atomic E-state index is 13.1. The minimum Gasteiger partial charge on any atom is -0.493 e. The van der Waals surface area contributed by atoms with Gasteiger partial charge in [0.2, 0.25) is 5.91 Å². The average Bonchev–Trinajstić information content (AvgIpc) is 2.93. The molecule has 0 radical (unpaired) electrons. The van der Waals surface area contributed by atoms with Crippen molar-refractivity contribution < 1.29 is 19.1 Å². The number of methoxy groups -OCH3 is 2. The van der Waals surface area contributed by atoms with E-state index in [4.69, 9.17) is 9.47 Å². The molecule has 4 rings (SSSR count). The first kappa shape index (κ1) is 24.8. The lowest BCUT2D eigenvalue weighted by Crippen LogP contribution is -2.19. The van der Waals surface area contributed by atoms with Crippen LogP contribution in [0, 0.1) is 0 Å². The Morgan fingerprint density at radius 3 is 2.19 bits per heavy atom. The van der Waals surface area contributed by atoms with Crippen LogP contribution in [0.5, 0.6) is 11.5 Å². The van der Waals surface area contributed by atoms with Crippen LogP contribution in [0.3, 0.4) is 0 Å². The van der Waals surface area contributed by atoms with E-state index in [1.807, 2.05) is 48.5 Å². The van der Waals surface area contributed by atoms with E-state index in [9.17, 15) is 9.59 Å². The number of pyridine rings is 1. The molecule has 0 aliphatic carbocycles. The number of amides is 2. The number of nitrogens with zero attached hydrogens (tertiary/aromatic N) is 1. The largest absolute Gasteiger partial charge is 0.493 e. The Kier molecular flexibility index (Phi) is 8.20. The van der Waals surface area contributed by atoms with Gasteiger partial charge in [0.1, 0.15) is 11.1 Å². The van der Waals surface area contributed by atoms with Gasteiger partial charge in [-0.3, -0.25) is 9.59 Å². The van der Waals surface area contributed by atoms with E-state index in [2.05, 4.69) is 15.6 Å². The van der Waals surface area contributed by atoms with Gasteiger partial charge in [-0.25, -0.2) is 4.98 Å². The molecule has 8 heteroatoms. The molecule has 0 fully saturated rings. The van der Waals surface area contributed by atoms with Crippen molar-refractivity contribution in [1.82, 2.24) is 4.98 Å². The SMILES string of the molecule is COc1ccc(C(=O)Nc2ccc(SC(C(=O)Nc3ccccn3)c3ccccc3)cc2)cc1OC. The Morgan fingerprint density at radius 1 is 0.806 bits per heavy atom. The van der Waals surface area contributed by atoms with Crippen molar-refractivity contribution in [2.75, 3.05) is 24.9 Å². The molecule has 182 valence electrons. The third-order valence-corrected chi connectivity index (χ3v) is 6.53. The number of rotatable bonds is 9. The molecule has 2 N–H and O–H groups in total. The predicted octanol–water partition coefficient (Wildman–Crippen LogP) is 5.82. The average molecular weight is 500 g/mol. The van der Waals surface area contributed by atoms with E-state index < -0.39 is 5.25 Å². The summed E-state index contributed by atoms with van der Waals surface area (Å²) in [6.07, 6.45) is 1.63. The van der Waals surface area contributed by atoms with Crippen molar-refractivity contribution in [1.29, 1.82) is 0 Å². The number of thioether (sulfide) groups is 1. The summed E-state index contributed by atoms with van der Waals surface area (Å²) in [4.78, 5) is 30.9. The quantitative estimate of drug-likeness (QED) is 0.282. The van der Waals surface area contributed by atoms with Crippen molar-refractivity contribution in [2.24, 2.45) is 0 Å². The van der Waals surface area contributed by atoms with Gasteiger partial charge < -0.3 is 20.1 Å². The molecule has 0 saturated heterocycles. The highest BCUT2D eigenvalue weighted by Gasteiger charge is 2.22. The van der Waals surface area contributed by atoms with Gasteiger partial charge in [-0.05, 0) is 60.2 Å². The summed E-state index contributed by atoms with van der Waals surface area (Å²) in [5, 5.41) is 5.28. The Labute approximate surface area is 213 Å². The van der Waals surface area contributed by atoms with Crippen LogP contribution in [0.1, 0.15) is 21.2 Å². The molecule has 2 amide bonds. The fraction of sp³-hybridized carbons (Fsp3) is 0.107. The summed E-state index contributed by atoms with van der Waals surface area (Å²) < 4.78 is 10.5. The molecule has 0 aliphatic heterocycles. The molecule has 4 aromatic rings. The van der Waals surface area contributed by atoms with Crippen molar-refractivity contribution >= 4 is 35.1 Å². The van der Waals surface area contributed by atoms with Gasteiger partial charge in [0, 0.05) is 22.3 Å². The zero-order chi connectivity index (χ0) is 25.3. The van der Waals surface area contributed by atoms with Crippen LogP contribution in [-0.4, -0.2) is 31.0 Å². The summed E-state index contributed by atoms with van der Waals surface area (Å²) in [5.41, 5.74) is 1.96. The van der Waals surface area contributed by atoms with Crippen LogP contribution < -0.4 is 20.1 Å². The molecule has 0 aliphatic rings. The fourth-order valence-corrected chi connectivity index (χ4v) is 4.49. The van der Waals surface area contributed by atoms with Crippen LogP contribution in [0.2, 0.25) is 0 Å². The Bertz CT molecular complexity index is 1320.